The van der Waals surface area contributed by atoms with Crippen molar-refractivity contribution in [2.45, 2.75) is 6.42 Å². The van der Waals surface area contributed by atoms with Gasteiger partial charge < -0.3 is 4.74 Å². The first kappa shape index (κ1) is 13.7. The van der Waals surface area contributed by atoms with Gasteiger partial charge >= 0.3 is 5.97 Å². The molecule has 6 heteroatoms. The summed E-state index contributed by atoms with van der Waals surface area (Å²) in [7, 11) is -2.11. The van der Waals surface area contributed by atoms with Crippen molar-refractivity contribution < 1.29 is 22.1 Å². The van der Waals surface area contributed by atoms with Crippen molar-refractivity contribution in [2.75, 3.05) is 20.0 Å². The summed E-state index contributed by atoms with van der Waals surface area (Å²) in [5.74, 6) is -0.420. The fraction of sp³-hybridized carbons (Fsp3) is 0.364. The molecule has 94 valence electrons. The van der Waals surface area contributed by atoms with Crippen LogP contribution in [0.2, 0.25) is 0 Å². The molecule has 0 heterocycles. The molecule has 1 aromatic carbocycles. The molecule has 5 nitrogen and oxygen atoms in total. The van der Waals surface area contributed by atoms with E-state index in [9.17, 15) is 13.2 Å². The van der Waals surface area contributed by atoms with E-state index in [1.165, 1.54) is 7.11 Å². The minimum atomic E-state index is -3.42. The average molecular weight is 258 g/mol. The molecule has 0 aromatic heterocycles. The third-order valence-electron chi connectivity index (χ3n) is 2.04. The molecule has 0 spiro atoms. The Morgan fingerprint density at radius 1 is 1.35 bits per heavy atom. The number of methoxy groups -OCH3 is 1. The van der Waals surface area contributed by atoms with Crippen molar-refractivity contribution in [1.82, 2.24) is 0 Å². The standard InChI is InChI=1S/C11H14O5S/c1-15-11(12)10-5-3-4-9(8-10)6-7-16-17(2,13)14/h3-5,8H,6-7H2,1-2H3. The molecule has 0 fully saturated rings. The third-order valence-corrected chi connectivity index (χ3v) is 2.63. The maximum atomic E-state index is 11.2. The Bertz CT molecular complexity index is 492. The third kappa shape index (κ3) is 4.97. The summed E-state index contributed by atoms with van der Waals surface area (Å²) >= 11 is 0. The first-order chi connectivity index (χ1) is 7.92. The van der Waals surface area contributed by atoms with E-state index in [4.69, 9.17) is 0 Å². The van der Waals surface area contributed by atoms with Gasteiger partial charge in [0.05, 0.1) is 25.5 Å². The second-order valence-corrected chi connectivity index (χ2v) is 5.11. The SMILES string of the molecule is COC(=O)c1cccc(CCOS(C)(=O)=O)c1. The van der Waals surface area contributed by atoms with Gasteiger partial charge in [-0.3, -0.25) is 4.18 Å². The lowest BCUT2D eigenvalue weighted by Gasteiger charge is -2.04. The van der Waals surface area contributed by atoms with Gasteiger partial charge in [0.15, 0.2) is 0 Å². The summed E-state index contributed by atoms with van der Waals surface area (Å²) in [6.45, 7) is 0.0590. The van der Waals surface area contributed by atoms with Gasteiger partial charge in [-0.25, -0.2) is 4.79 Å². The minimum Gasteiger partial charge on any atom is -0.465 e. The lowest BCUT2D eigenvalue weighted by molar-refractivity contribution is 0.0600. The maximum Gasteiger partial charge on any atom is 0.337 e. The molecule has 0 amide bonds. The van der Waals surface area contributed by atoms with Crippen LogP contribution in [0, 0.1) is 0 Å². The van der Waals surface area contributed by atoms with E-state index >= 15 is 0 Å². The lowest BCUT2D eigenvalue weighted by Crippen LogP contribution is -2.07. The predicted molar refractivity (Wildman–Crippen MR) is 62.3 cm³/mol. The van der Waals surface area contributed by atoms with Gasteiger partial charge in [0.2, 0.25) is 0 Å². The van der Waals surface area contributed by atoms with E-state index in [0.717, 1.165) is 11.8 Å². The zero-order valence-corrected chi connectivity index (χ0v) is 10.5. The van der Waals surface area contributed by atoms with Crippen molar-refractivity contribution in [2.24, 2.45) is 0 Å². The largest absolute Gasteiger partial charge is 0.465 e. The van der Waals surface area contributed by atoms with Crippen molar-refractivity contribution >= 4 is 16.1 Å². The molecule has 0 N–H and O–H groups in total. The van der Waals surface area contributed by atoms with Crippen molar-refractivity contribution in [3.63, 3.8) is 0 Å². The molecule has 0 radical (unpaired) electrons. The van der Waals surface area contributed by atoms with Crippen LogP contribution in [0.3, 0.4) is 0 Å². The summed E-state index contributed by atoms with van der Waals surface area (Å²) in [4.78, 5) is 11.2. The van der Waals surface area contributed by atoms with Crippen molar-refractivity contribution in [1.29, 1.82) is 0 Å². The second-order valence-electron chi connectivity index (χ2n) is 3.47. The number of hydrogen-bond donors (Lipinski definition) is 0. The van der Waals surface area contributed by atoms with E-state index in [0.29, 0.717) is 12.0 Å². The monoisotopic (exact) mass is 258 g/mol. The molecule has 0 aliphatic heterocycles. The molecular weight excluding hydrogens is 244 g/mol. The van der Waals surface area contributed by atoms with E-state index in [1.807, 2.05) is 0 Å². The van der Waals surface area contributed by atoms with Crippen LogP contribution in [-0.2, 0) is 25.5 Å². The quantitative estimate of drug-likeness (QED) is 0.582. The Morgan fingerprint density at radius 3 is 2.65 bits per heavy atom. The molecule has 0 bridgehead atoms. The van der Waals surface area contributed by atoms with Gasteiger partial charge in [-0.15, -0.1) is 0 Å². The second kappa shape index (κ2) is 5.79. The summed E-state index contributed by atoms with van der Waals surface area (Å²) < 4.78 is 30.7. The van der Waals surface area contributed by atoms with Crippen LogP contribution in [0.5, 0.6) is 0 Å². The highest BCUT2D eigenvalue weighted by molar-refractivity contribution is 7.85. The molecule has 0 aliphatic rings. The van der Waals surface area contributed by atoms with Crippen LogP contribution >= 0.6 is 0 Å². The highest BCUT2D eigenvalue weighted by atomic mass is 32.2. The van der Waals surface area contributed by atoms with Gasteiger partial charge in [-0.05, 0) is 24.1 Å². The Balaban J connectivity index is 2.63. The molecule has 0 aliphatic carbocycles. The number of rotatable bonds is 5. The van der Waals surface area contributed by atoms with Crippen LogP contribution < -0.4 is 0 Å². The van der Waals surface area contributed by atoms with Gasteiger partial charge in [0.25, 0.3) is 10.1 Å². The Hall–Kier alpha value is -1.40. The van der Waals surface area contributed by atoms with Gasteiger partial charge in [-0.1, -0.05) is 12.1 Å². The molecular formula is C11H14O5S. The van der Waals surface area contributed by atoms with Crippen LogP contribution in [0.1, 0.15) is 15.9 Å². The van der Waals surface area contributed by atoms with E-state index < -0.39 is 16.1 Å². The van der Waals surface area contributed by atoms with E-state index in [2.05, 4.69) is 8.92 Å². The molecule has 0 saturated carbocycles. The van der Waals surface area contributed by atoms with Crippen LogP contribution in [-0.4, -0.2) is 34.4 Å². The Morgan fingerprint density at radius 2 is 2.06 bits per heavy atom. The smallest absolute Gasteiger partial charge is 0.337 e. The highest BCUT2D eigenvalue weighted by Crippen LogP contribution is 2.07. The summed E-state index contributed by atoms with van der Waals surface area (Å²) in [6, 6.07) is 6.78. The normalized spacial score (nSPS) is 11.2. The van der Waals surface area contributed by atoms with Gasteiger partial charge in [0.1, 0.15) is 0 Å². The molecule has 17 heavy (non-hydrogen) atoms. The number of benzene rings is 1. The molecule has 0 atom stereocenters. The van der Waals surface area contributed by atoms with Crippen LogP contribution in [0.25, 0.3) is 0 Å². The zero-order valence-electron chi connectivity index (χ0n) is 9.67. The fourth-order valence-corrected chi connectivity index (χ4v) is 1.67. The molecule has 1 aromatic rings. The molecule has 1 rings (SSSR count). The van der Waals surface area contributed by atoms with E-state index in [-0.39, 0.29) is 6.61 Å². The number of ether oxygens (including phenoxy) is 1. The predicted octanol–water partition coefficient (Wildman–Crippen LogP) is 0.992. The maximum absolute atomic E-state index is 11.2. The topological polar surface area (TPSA) is 69.7 Å². The average Bonchev–Trinajstić information content (AvgIpc) is 2.27. The van der Waals surface area contributed by atoms with Crippen molar-refractivity contribution in [3.05, 3.63) is 35.4 Å². The number of hydrogen-bond acceptors (Lipinski definition) is 5. The van der Waals surface area contributed by atoms with Gasteiger partial charge in [-0.2, -0.15) is 8.42 Å². The minimum absolute atomic E-state index is 0.0590. The number of carbonyl (C=O) groups excluding carboxylic acids is 1. The molecule has 0 unspecified atom stereocenters. The zero-order chi connectivity index (χ0) is 12.9. The van der Waals surface area contributed by atoms with Crippen LogP contribution in [0.15, 0.2) is 24.3 Å². The van der Waals surface area contributed by atoms with Gasteiger partial charge in [0, 0.05) is 0 Å². The summed E-state index contributed by atoms with van der Waals surface area (Å²) in [5.41, 5.74) is 1.25. The van der Waals surface area contributed by atoms with Crippen molar-refractivity contribution in [3.8, 4) is 0 Å². The first-order valence-electron chi connectivity index (χ1n) is 4.94. The number of carbonyl (C=O) groups is 1. The number of esters is 1. The Labute approximate surface area is 100 Å². The summed E-state index contributed by atoms with van der Waals surface area (Å²) in [6.07, 6.45) is 1.41. The lowest BCUT2D eigenvalue weighted by atomic mass is 10.1. The molecule has 0 saturated heterocycles. The van der Waals surface area contributed by atoms with E-state index in [1.54, 1.807) is 24.3 Å². The highest BCUT2D eigenvalue weighted by Gasteiger charge is 2.06. The fourth-order valence-electron chi connectivity index (χ4n) is 1.28. The first-order valence-corrected chi connectivity index (χ1v) is 6.75. The summed E-state index contributed by atoms with van der Waals surface area (Å²) in [5, 5.41) is 0. The van der Waals surface area contributed by atoms with Crippen LogP contribution in [0.4, 0.5) is 0 Å². The Kier molecular flexibility index (Phi) is 4.65.